The van der Waals surface area contributed by atoms with Crippen LogP contribution in [-0.2, 0) is 0 Å². The third-order valence-electron chi connectivity index (χ3n) is 9.41. The molecule has 2 aromatic carbocycles. The number of carbonyl (C=O) groups excluding carboxylic acids is 2. The molecule has 0 aromatic heterocycles. The Kier molecular flexibility index (Phi) is 9.17. The van der Waals surface area contributed by atoms with Crippen molar-refractivity contribution in [1.29, 1.82) is 0 Å². The smallest absolute Gasteiger partial charge is 0.257 e. The highest BCUT2D eigenvalue weighted by Crippen LogP contribution is 2.44. The van der Waals surface area contributed by atoms with Crippen LogP contribution in [0.15, 0.2) is 53.6 Å². The first-order valence-corrected chi connectivity index (χ1v) is 16.6. The molecule has 0 bridgehead atoms. The SMILES string of the molecule is C=C1C[C@H]2C=Nc3cc(OCCCCCOc4cc5c(cc4OC)C(=O)N4CC(=C)C[C@H]4C(O)N5C(C)(C)C)c(OC)cc3C(=O)N2C1. The van der Waals surface area contributed by atoms with Crippen LogP contribution in [-0.4, -0.2) is 97.3 Å². The molecule has 6 rings (SSSR count). The molecule has 1 N–H and O–H groups in total. The Bertz CT molecular complexity index is 1660. The molecule has 0 spiro atoms. The van der Waals surface area contributed by atoms with Gasteiger partial charge in [-0.1, -0.05) is 24.3 Å². The lowest BCUT2D eigenvalue weighted by Gasteiger charge is -2.43. The predicted octanol–water partition coefficient (Wildman–Crippen LogP) is 5.53. The molecule has 256 valence electrons. The lowest BCUT2D eigenvalue weighted by Crippen LogP contribution is -2.55. The minimum atomic E-state index is -0.904. The summed E-state index contributed by atoms with van der Waals surface area (Å²) in [5.74, 6) is 1.78. The van der Waals surface area contributed by atoms with Gasteiger partial charge in [0, 0.05) is 37.0 Å². The van der Waals surface area contributed by atoms with E-state index < -0.39 is 11.8 Å². The van der Waals surface area contributed by atoms with Crippen LogP contribution in [0.1, 0.15) is 73.6 Å². The molecule has 2 aromatic rings. The highest BCUT2D eigenvalue weighted by atomic mass is 16.5. The van der Waals surface area contributed by atoms with Crippen LogP contribution < -0.4 is 23.8 Å². The van der Waals surface area contributed by atoms with Gasteiger partial charge in [0.15, 0.2) is 23.0 Å². The van der Waals surface area contributed by atoms with E-state index in [0.717, 1.165) is 36.8 Å². The van der Waals surface area contributed by atoms with E-state index in [4.69, 9.17) is 18.9 Å². The van der Waals surface area contributed by atoms with Gasteiger partial charge in [0.05, 0.1) is 62.0 Å². The second kappa shape index (κ2) is 13.2. The fourth-order valence-corrected chi connectivity index (χ4v) is 7.09. The fraction of sp³-hybridized carbons (Fsp3) is 0.486. The van der Waals surface area contributed by atoms with Crippen molar-refractivity contribution in [3.63, 3.8) is 0 Å². The zero-order valence-corrected chi connectivity index (χ0v) is 28.6. The number of carbonyl (C=O) groups is 2. The fourth-order valence-electron chi connectivity index (χ4n) is 7.09. The van der Waals surface area contributed by atoms with Crippen LogP contribution in [0, 0.1) is 0 Å². The molecule has 4 heterocycles. The van der Waals surface area contributed by atoms with Crippen molar-refractivity contribution < 1.29 is 33.6 Å². The van der Waals surface area contributed by atoms with Crippen molar-refractivity contribution in [1.82, 2.24) is 9.80 Å². The number of unbranched alkanes of at least 4 members (excludes halogenated alkanes) is 2. The third kappa shape index (κ3) is 6.23. The number of methoxy groups -OCH3 is 2. The van der Waals surface area contributed by atoms with Crippen molar-refractivity contribution in [3.8, 4) is 23.0 Å². The number of ether oxygens (including phenoxy) is 4. The largest absolute Gasteiger partial charge is 0.493 e. The minimum absolute atomic E-state index is 0.0779. The number of anilines is 1. The molecule has 1 unspecified atom stereocenters. The first-order chi connectivity index (χ1) is 22.9. The third-order valence-corrected chi connectivity index (χ3v) is 9.41. The van der Waals surface area contributed by atoms with Gasteiger partial charge in [0.1, 0.15) is 6.23 Å². The molecule has 2 fully saturated rings. The van der Waals surface area contributed by atoms with Crippen LogP contribution >= 0.6 is 0 Å². The first kappa shape index (κ1) is 33.4. The zero-order chi connectivity index (χ0) is 34.3. The highest BCUT2D eigenvalue weighted by molar-refractivity contribution is 6.04. The summed E-state index contributed by atoms with van der Waals surface area (Å²) in [6, 6.07) is 6.57. The summed E-state index contributed by atoms with van der Waals surface area (Å²) in [5.41, 5.74) is 3.63. The molecule has 2 saturated heterocycles. The minimum Gasteiger partial charge on any atom is -0.493 e. The average molecular weight is 659 g/mol. The van der Waals surface area contributed by atoms with Gasteiger partial charge in [-0.3, -0.25) is 14.6 Å². The topological polar surface area (TPSA) is 113 Å². The summed E-state index contributed by atoms with van der Waals surface area (Å²) in [5, 5.41) is 11.6. The number of rotatable bonds is 10. The summed E-state index contributed by atoms with van der Waals surface area (Å²) in [6.45, 7) is 16.0. The average Bonchev–Trinajstić information content (AvgIpc) is 3.58. The second-order valence-corrected chi connectivity index (χ2v) is 13.9. The maximum atomic E-state index is 13.7. The standard InChI is InChI=1S/C37H46N4O7/c1-22-13-24-19-38-27-17-32(30(45-6)15-25(27)34(42)39(24)20-22)47-11-9-8-10-12-48-33-18-28-26(16-31(33)46-7)35(43)40-21-23(2)14-29(40)36(44)41(28)37(3,4)5/h15-19,24,29,36,44H,1-2,8-14,20-21H2,3-7H3/t24-,29-,36?/m0/s1. The molecule has 48 heavy (non-hydrogen) atoms. The Balaban J connectivity index is 1.08. The van der Waals surface area contributed by atoms with Gasteiger partial charge >= 0.3 is 0 Å². The maximum Gasteiger partial charge on any atom is 0.257 e. The molecule has 2 amide bonds. The summed E-state index contributed by atoms with van der Waals surface area (Å²) >= 11 is 0. The van der Waals surface area contributed by atoms with Crippen molar-refractivity contribution >= 4 is 29.4 Å². The van der Waals surface area contributed by atoms with Gasteiger partial charge in [-0.05, 0) is 65.0 Å². The molecular formula is C37H46N4O7. The zero-order valence-electron chi connectivity index (χ0n) is 28.6. The number of hydrogen-bond acceptors (Lipinski definition) is 9. The number of aliphatic hydroxyl groups excluding tert-OH is 1. The predicted molar refractivity (Wildman–Crippen MR) is 184 cm³/mol. The second-order valence-electron chi connectivity index (χ2n) is 13.9. The van der Waals surface area contributed by atoms with Gasteiger partial charge in [-0.15, -0.1) is 0 Å². The van der Waals surface area contributed by atoms with Crippen molar-refractivity contribution in [2.45, 2.75) is 76.7 Å². The summed E-state index contributed by atoms with van der Waals surface area (Å²) in [6.07, 6.45) is 4.56. The Morgan fingerprint density at radius 3 is 2.04 bits per heavy atom. The summed E-state index contributed by atoms with van der Waals surface area (Å²) < 4.78 is 23.5. The maximum absolute atomic E-state index is 13.7. The van der Waals surface area contributed by atoms with E-state index in [1.165, 1.54) is 0 Å². The van der Waals surface area contributed by atoms with Crippen LogP contribution in [0.5, 0.6) is 23.0 Å². The number of benzene rings is 2. The molecule has 4 aliphatic rings. The normalized spacial score (nSPS) is 21.8. The van der Waals surface area contributed by atoms with E-state index >= 15 is 0 Å². The monoisotopic (exact) mass is 658 g/mol. The number of aliphatic hydroxyl groups is 1. The number of aliphatic imine (C=N–C) groups is 1. The van der Waals surface area contributed by atoms with Gasteiger partial charge in [-0.25, -0.2) is 0 Å². The Morgan fingerprint density at radius 2 is 1.40 bits per heavy atom. The molecule has 4 aliphatic heterocycles. The van der Waals surface area contributed by atoms with Crippen LogP contribution in [0.25, 0.3) is 0 Å². The van der Waals surface area contributed by atoms with Gasteiger partial charge in [-0.2, -0.15) is 0 Å². The van der Waals surface area contributed by atoms with Gasteiger partial charge < -0.3 is 38.8 Å². The quantitative estimate of drug-likeness (QED) is 0.262. The number of amides is 2. The molecule has 0 radical (unpaired) electrons. The lowest BCUT2D eigenvalue weighted by molar-refractivity contribution is 0.0460. The lowest BCUT2D eigenvalue weighted by atomic mass is 9.99. The molecule has 3 atom stereocenters. The van der Waals surface area contributed by atoms with E-state index in [1.54, 1.807) is 42.2 Å². The van der Waals surface area contributed by atoms with E-state index in [-0.39, 0.29) is 23.9 Å². The van der Waals surface area contributed by atoms with Crippen molar-refractivity contribution in [3.05, 3.63) is 59.7 Å². The van der Waals surface area contributed by atoms with E-state index in [9.17, 15) is 14.7 Å². The molecule has 11 heteroatoms. The first-order valence-electron chi connectivity index (χ1n) is 16.6. The van der Waals surface area contributed by atoms with Crippen molar-refractivity contribution in [2.75, 3.05) is 45.4 Å². The Labute approximate surface area is 282 Å². The van der Waals surface area contributed by atoms with Crippen LogP contribution in [0.2, 0.25) is 0 Å². The van der Waals surface area contributed by atoms with E-state index in [1.807, 2.05) is 38.0 Å². The van der Waals surface area contributed by atoms with E-state index in [2.05, 4.69) is 18.2 Å². The van der Waals surface area contributed by atoms with Crippen LogP contribution in [0.4, 0.5) is 11.4 Å². The van der Waals surface area contributed by atoms with Gasteiger partial charge in [0.2, 0.25) is 0 Å². The highest BCUT2D eigenvalue weighted by Gasteiger charge is 2.46. The van der Waals surface area contributed by atoms with Crippen LogP contribution in [0.3, 0.4) is 0 Å². The Hall–Kier alpha value is -4.51. The Morgan fingerprint density at radius 1 is 0.812 bits per heavy atom. The number of fused-ring (bicyclic) bond motifs is 4. The molecule has 0 aliphatic carbocycles. The number of nitrogens with zero attached hydrogens (tertiary/aromatic N) is 4. The molecule has 0 saturated carbocycles. The van der Waals surface area contributed by atoms with Crippen molar-refractivity contribution in [2.24, 2.45) is 4.99 Å². The summed E-state index contributed by atoms with van der Waals surface area (Å²) in [4.78, 5) is 37.0. The van der Waals surface area contributed by atoms with Gasteiger partial charge in [0.25, 0.3) is 11.8 Å². The summed E-state index contributed by atoms with van der Waals surface area (Å²) in [7, 11) is 3.12. The molecular weight excluding hydrogens is 612 g/mol. The molecule has 11 nitrogen and oxygen atoms in total. The number of hydrogen-bond donors (Lipinski definition) is 1. The van der Waals surface area contributed by atoms with E-state index in [0.29, 0.717) is 78.2 Å².